The van der Waals surface area contributed by atoms with Gasteiger partial charge in [0.1, 0.15) is 6.04 Å². The van der Waals surface area contributed by atoms with E-state index >= 15 is 0 Å². The van der Waals surface area contributed by atoms with Gasteiger partial charge in [-0.2, -0.15) is 0 Å². The summed E-state index contributed by atoms with van der Waals surface area (Å²) < 4.78 is 4.84. The number of esters is 1. The number of carbonyl (C=O) groups excluding carboxylic acids is 2. The largest absolute Gasteiger partial charge is 0.467 e. The molecule has 0 aliphatic carbocycles. The second kappa shape index (κ2) is 9.56. The SMILES string of the molecule is COC(=O)[C@H](CC(C)C)NC(=O)/C(=C\c1ccccc1)c1ccccc1. The second-order valence-electron chi connectivity index (χ2n) is 6.51. The Morgan fingerprint density at radius 3 is 2.12 bits per heavy atom. The van der Waals surface area contributed by atoms with Crippen LogP contribution in [0.25, 0.3) is 11.6 Å². The van der Waals surface area contributed by atoms with E-state index in [-0.39, 0.29) is 11.8 Å². The van der Waals surface area contributed by atoms with Crippen molar-refractivity contribution < 1.29 is 14.3 Å². The third kappa shape index (κ3) is 5.59. The highest BCUT2D eigenvalue weighted by Gasteiger charge is 2.24. The molecule has 0 aliphatic heterocycles. The summed E-state index contributed by atoms with van der Waals surface area (Å²) in [5.74, 6) is -0.479. The number of hydrogen-bond donors (Lipinski definition) is 1. The molecule has 136 valence electrons. The molecule has 0 aromatic heterocycles. The molecular formula is C22H25NO3. The zero-order chi connectivity index (χ0) is 18.9. The molecule has 0 radical (unpaired) electrons. The molecule has 2 aromatic rings. The maximum absolute atomic E-state index is 13.0. The third-order valence-electron chi connectivity index (χ3n) is 3.94. The van der Waals surface area contributed by atoms with Gasteiger partial charge in [-0.05, 0) is 29.5 Å². The number of methoxy groups -OCH3 is 1. The van der Waals surface area contributed by atoms with Gasteiger partial charge in [-0.1, -0.05) is 74.5 Å². The van der Waals surface area contributed by atoms with Crippen molar-refractivity contribution in [3.8, 4) is 0 Å². The molecule has 0 bridgehead atoms. The van der Waals surface area contributed by atoms with Crippen molar-refractivity contribution >= 4 is 23.5 Å². The molecule has 0 heterocycles. The fourth-order valence-electron chi connectivity index (χ4n) is 2.68. The Kier molecular flexibility index (Phi) is 7.15. The van der Waals surface area contributed by atoms with E-state index in [1.807, 2.05) is 80.6 Å². The first-order chi connectivity index (χ1) is 12.5. The molecule has 0 aliphatic rings. The first-order valence-electron chi connectivity index (χ1n) is 8.72. The lowest BCUT2D eigenvalue weighted by Crippen LogP contribution is -2.42. The molecule has 0 unspecified atom stereocenters. The summed E-state index contributed by atoms with van der Waals surface area (Å²) in [7, 11) is 1.33. The summed E-state index contributed by atoms with van der Waals surface area (Å²) >= 11 is 0. The van der Waals surface area contributed by atoms with E-state index in [0.29, 0.717) is 12.0 Å². The van der Waals surface area contributed by atoms with E-state index < -0.39 is 12.0 Å². The topological polar surface area (TPSA) is 55.4 Å². The molecular weight excluding hydrogens is 326 g/mol. The van der Waals surface area contributed by atoms with Gasteiger partial charge in [0.05, 0.1) is 7.11 Å². The van der Waals surface area contributed by atoms with Crippen molar-refractivity contribution in [2.75, 3.05) is 7.11 Å². The van der Waals surface area contributed by atoms with Crippen molar-refractivity contribution in [3.05, 3.63) is 71.8 Å². The lowest BCUT2D eigenvalue weighted by molar-refractivity contribution is -0.145. The van der Waals surface area contributed by atoms with Gasteiger partial charge in [-0.3, -0.25) is 4.79 Å². The van der Waals surface area contributed by atoms with Crippen LogP contribution in [0, 0.1) is 5.92 Å². The summed E-state index contributed by atoms with van der Waals surface area (Å²) in [5, 5.41) is 2.84. The van der Waals surface area contributed by atoms with Crippen LogP contribution in [0.15, 0.2) is 60.7 Å². The Morgan fingerprint density at radius 2 is 1.58 bits per heavy atom. The number of rotatable bonds is 7. The molecule has 4 nitrogen and oxygen atoms in total. The van der Waals surface area contributed by atoms with Gasteiger partial charge in [-0.25, -0.2) is 4.79 Å². The highest BCUT2D eigenvalue weighted by molar-refractivity contribution is 6.24. The van der Waals surface area contributed by atoms with Crippen LogP contribution in [0.5, 0.6) is 0 Å². The lowest BCUT2D eigenvalue weighted by atomic mass is 10.00. The molecule has 0 fully saturated rings. The van der Waals surface area contributed by atoms with Crippen molar-refractivity contribution in [3.63, 3.8) is 0 Å². The first kappa shape index (κ1) is 19.4. The third-order valence-corrected chi connectivity index (χ3v) is 3.94. The minimum atomic E-state index is -0.671. The van der Waals surface area contributed by atoms with Crippen LogP contribution in [0.1, 0.15) is 31.4 Å². The van der Waals surface area contributed by atoms with E-state index in [1.165, 1.54) is 7.11 Å². The van der Waals surface area contributed by atoms with Crippen LogP contribution in [0.2, 0.25) is 0 Å². The van der Waals surface area contributed by atoms with Gasteiger partial charge in [0.25, 0.3) is 5.91 Å². The fraction of sp³-hybridized carbons (Fsp3) is 0.273. The van der Waals surface area contributed by atoms with Gasteiger partial charge in [0, 0.05) is 5.57 Å². The van der Waals surface area contributed by atoms with Gasteiger partial charge in [-0.15, -0.1) is 0 Å². The van der Waals surface area contributed by atoms with E-state index in [4.69, 9.17) is 4.74 Å². The van der Waals surface area contributed by atoms with E-state index in [9.17, 15) is 9.59 Å². The number of amides is 1. The van der Waals surface area contributed by atoms with Crippen molar-refractivity contribution in [1.29, 1.82) is 0 Å². The number of nitrogens with one attached hydrogen (secondary N) is 1. The monoisotopic (exact) mass is 351 g/mol. The van der Waals surface area contributed by atoms with Gasteiger partial charge < -0.3 is 10.1 Å². The van der Waals surface area contributed by atoms with E-state index in [2.05, 4.69) is 5.32 Å². The zero-order valence-electron chi connectivity index (χ0n) is 15.4. The molecule has 0 saturated heterocycles. The summed E-state index contributed by atoms with van der Waals surface area (Å²) in [6.45, 7) is 4.00. The molecule has 4 heteroatoms. The minimum Gasteiger partial charge on any atom is -0.467 e. The first-order valence-corrected chi connectivity index (χ1v) is 8.72. The minimum absolute atomic E-state index is 0.248. The Hall–Kier alpha value is -2.88. The maximum Gasteiger partial charge on any atom is 0.328 e. The highest BCUT2D eigenvalue weighted by atomic mass is 16.5. The molecule has 2 rings (SSSR count). The Bertz CT molecular complexity index is 751. The molecule has 0 saturated carbocycles. The van der Waals surface area contributed by atoms with Crippen LogP contribution in [-0.4, -0.2) is 25.0 Å². The van der Waals surface area contributed by atoms with Gasteiger partial charge >= 0.3 is 5.97 Å². The standard InChI is InChI=1S/C22H25NO3/c1-16(2)14-20(22(25)26-3)23-21(24)19(18-12-8-5-9-13-18)15-17-10-6-4-7-11-17/h4-13,15-16,20H,14H2,1-3H3,(H,23,24)/b19-15-/t20-/m0/s1. The normalized spacial score (nSPS) is 12.5. The number of hydrogen-bond acceptors (Lipinski definition) is 3. The second-order valence-corrected chi connectivity index (χ2v) is 6.51. The molecule has 0 spiro atoms. The van der Waals surface area contributed by atoms with Crippen LogP contribution in [0.3, 0.4) is 0 Å². The van der Waals surface area contributed by atoms with Crippen LogP contribution in [0.4, 0.5) is 0 Å². The lowest BCUT2D eigenvalue weighted by Gasteiger charge is -2.19. The number of benzene rings is 2. The Morgan fingerprint density at radius 1 is 1.00 bits per heavy atom. The maximum atomic E-state index is 13.0. The van der Waals surface area contributed by atoms with Crippen LogP contribution < -0.4 is 5.32 Å². The van der Waals surface area contributed by atoms with Crippen LogP contribution in [-0.2, 0) is 14.3 Å². The van der Waals surface area contributed by atoms with Gasteiger partial charge in [0.15, 0.2) is 0 Å². The molecule has 1 amide bonds. The van der Waals surface area contributed by atoms with E-state index in [1.54, 1.807) is 0 Å². The summed E-state index contributed by atoms with van der Waals surface area (Å²) in [6.07, 6.45) is 2.35. The van der Waals surface area contributed by atoms with E-state index in [0.717, 1.165) is 11.1 Å². The van der Waals surface area contributed by atoms with Crippen LogP contribution >= 0.6 is 0 Å². The number of ether oxygens (including phenoxy) is 1. The average molecular weight is 351 g/mol. The van der Waals surface area contributed by atoms with Gasteiger partial charge in [0.2, 0.25) is 0 Å². The van der Waals surface area contributed by atoms with Crippen molar-refractivity contribution in [2.45, 2.75) is 26.3 Å². The molecule has 1 N–H and O–H groups in total. The number of carbonyl (C=O) groups is 2. The molecule has 26 heavy (non-hydrogen) atoms. The quantitative estimate of drug-likeness (QED) is 0.467. The molecule has 1 atom stereocenters. The van der Waals surface area contributed by atoms with Crippen molar-refractivity contribution in [2.24, 2.45) is 5.92 Å². The summed E-state index contributed by atoms with van der Waals surface area (Å²) in [6, 6.07) is 18.4. The Labute approximate surface area is 154 Å². The highest BCUT2D eigenvalue weighted by Crippen LogP contribution is 2.19. The predicted molar refractivity (Wildman–Crippen MR) is 104 cm³/mol. The zero-order valence-corrected chi connectivity index (χ0v) is 15.4. The smallest absolute Gasteiger partial charge is 0.328 e. The Balaban J connectivity index is 2.34. The molecule has 2 aromatic carbocycles. The van der Waals surface area contributed by atoms with Crippen molar-refractivity contribution in [1.82, 2.24) is 5.32 Å². The fourth-order valence-corrected chi connectivity index (χ4v) is 2.68. The summed E-state index contributed by atoms with van der Waals surface area (Å²) in [4.78, 5) is 25.0. The average Bonchev–Trinajstić information content (AvgIpc) is 2.66. The summed E-state index contributed by atoms with van der Waals surface area (Å²) in [5.41, 5.74) is 2.22. The predicted octanol–water partition coefficient (Wildman–Crippen LogP) is 3.93.